The minimum absolute atomic E-state index is 0.0418. The van der Waals surface area contributed by atoms with E-state index in [-0.39, 0.29) is 18.7 Å². The molecule has 2 aromatic carbocycles. The molecular formula is C20H21ClN2O5S. The topological polar surface area (TPSA) is 95.9 Å². The van der Waals surface area contributed by atoms with Crippen LogP contribution in [0.5, 0.6) is 11.5 Å². The second kappa shape index (κ2) is 8.84. The van der Waals surface area contributed by atoms with Crippen LogP contribution in [0.1, 0.15) is 12.5 Å². The van der Waals surface area contributed by atoms with E-state index in [1.807, 2.05) is 0 Å². The summed E-state index contributed by atoms with van der Waals surface area (Å²) < 4.78 is 19.4. The molecule has 0 saturated carbocycles. The number of amides is 2. The summed E-state index contributed by atoms with van der Waals surface area (Å²) in [6.07, 6.45) is 0.201. The molecule has 0 aromatic heterocycles. The van der Waals surface area contributed by atoms with Gasteiger partial charge in [0.05, 0.1) is 17.9 Å². The summed E-state index contributed by atoms with van der Waals surface area (Å²) in [5, 5.41) is 13.1. The first-order valence-corrected chi connectivity index (χ1v) is 10.4. The molecule has 0 radical (unpaired) electrons. The Kier molecular flexibility index (Phi) is 6.44. The maximum atomic E-state index is 13.3. The number of hydrogen-bond acceptors (Lipinski definition) is 5. The SMILES string of the molecule is COc1ccc(O)cc1C[C@H]1C(=O)N(S(=O)c2ccc(Cl)cc2)CC(=O)NC1C. The van der Waals surface area contributed by atoms with Crippen LogP contribution in [0.4, 0.5) is 0 Å². The van der Waals surface area contributed by atoms with Gasteiger partial charge in [-0.3, -0.25) is 9.59 Å². The van der Waals surface area contributed by atoms with E-state index < -0.39 is 34.8 Å². The molecule has 1 heterocycles. The van der Waals surface area contributed by atoms with Gasteiger partial charge in [-0.2, -0.15) is 0 Å². The summed E-state index contributed by atoms with van der Waals surface area (Å²) in [5.74, 6) is -0.939. The number of rotatable bonds is 5. The highest BCUT2D eigenvalue weighted by Gasteiger charge is 2.38. The summed E-state index contributed by atoms with van der Waals surface area (Å²) in [6.45, 7) is 1.41. The molecule has 0 spiro atoms. The molecule has 29 heavy (non-hydrogen) atoms. The van der Waals surface area contributed by atoms with Crippen LogP contribution in [-0.4, -0.2) is 45.1 Å². The van der Waals surface area contributed by atoms with Crippen molar-refractivity contribution in [1.29, 1.82) is 0 Å². The molecule has 2 N–H and O–H groups in total. The summed E-state index contributed by atoms with van der Waals surface area (Å²) in [6, 6.07) is 10.4. The number of methoxy groups -OCH3 is 1. The van der Waals surface area contributed by atoms with Crippen LogP contribution in [0, 0.1) is 5.92 Å². The van der Waals surface area contributed by atoms with E-state index in [1.54, 1.807) is 37.3 Å². The Balaban J connectivity index is 1.93. The van der Waals surface area contributed by atoms with Gasteiger partial charge in [-0.05, 0) is 61.4 Å². The van der Waals surface area contributed by atoms with Crippen LogP contribution in [0.2, 0.25) is 5.02 Å². The van der Waals surface area contributed by atoms with Crippen LogP contribution >= 0.6 is 11.6 Å². The summed E-state index contributed by atoms with van der Waals surface area (Å²) in [4.78, 5) is 25.9. The van der Waals surface area contributed by atoms with E-state index in [1.165, 1.54) is 19.2 Å². The number of benzene rings is 2. The summed E-state index contributed by atoms with van der Waals surface area (Å²) >= 11 is 5.88. The molecule has 1 aliphatic rings. The molecular weight excluding hydrogens is 416 g/mol. The average molecular weight is 437 g/mol. The molecule has 2 amide bonds. The summed E-state index contributed by atoms with van der Waals surface area (Å²) in [5.41, 5.74) is 0.617. The van der Waals surface area contributed by atoms with Crippen molar-refractivity contribution >= 4 is 34.4 Å². The van der Waals surface area contributed by atoms with Crippen molar-refractivity contribution in [3.63, 3.8) is 0 Å². The van der Waals surface area contributed by atoms with Gasteiger partial charge in [0.15, 0.2) is 11.0 Å². The largest absolute Gasteiger partial charge is 0.508 e. The van der Waals surface area contributed by atoms with E-state index in [9.17, 15) is 18.9 Å². The van der Waals surface area contributed by atoms with E-state index >= 15 is 0 Å². The van der Waals surface area contributed by atoms with Crippen LogP contribution < -0.4 is 10.1 Å². The molecule has 1 fully saturated rings. The zero-order valence-corrected chi connectivity index (χ0v) is 17.5. The van der Waals surface area contributed by atoms with Crippen molar-refractivity contribution in [3.05, 3.63) is 53.1 Å². The average Bonchev–Trinajstić information content (AvgIpc) is 2.79. The predicted octanol–water partition coefficient (Wildman–Crippen LogP) is 2.28. The van der Waals surface area contributed by atoms with E-state index in [4.69, 9.17) is 16.3 Å². The molecule has 1 aliphatic heterocycles. The Hall–Kier alpha value is -2.58. The number of carbonyl (C=O) groups is 2. The number of halogens is 1. The third kappa shape index (κ3) is 4.71. The van der Waals surface area contributed by atoms with Crippen molar-refractivity contribution in [3.8, 4) is 11.5 Å². The van der Waals surface area contributed by atoms with Gasteiger partial charge in [-0.15, -0.1) is 0 Å². The number of phenolic OH excluding ortho intramolecular Hbond substituents is 1. The number of carbonyl (C=O) groups excluding carboxylic acids is 2. The number of phenols is 1. The van der Waals surface area contributed by atoms with Crippen LogP contribution in [0.15, 0.2) is 47.4 Å². The lowest BCUT2D eigenvalue weighted by atomic mass is 9.92. The Bertz CT molecular complexity index is 950. The van der Waals surface area contributed by atoms with Crippen molar-refractivity contribution in [1.82, 2.24) is 9.62 Å². The highest BCUT2D eigenvalue weighted by atomic mass is 35.5. The minimum Gasteiger partial charge on any atom is -0.508 e. The monoisotopic (exact) mass is 436 g/mol. The lowest BCUT2D eigenvalue weighted by Crippen LogP contribution is -2.41. The fourth-order valence-corrected chi connectivity index (χ4v) is 4.53. The first-order valence-electron chi connectivity index (χ1n) is 8.94. The van der Waals surface area contributed by atoms with Gasteiger partial charge in [0.2, 0.25) is 11.8 Å². The maximum Gasteiger partial charge on any atom is 0.241 e. The maximum absolute atomic E-state index is 13.3. The fraction of sp³-hybridized carbons (Fsp3) is 0.300. The standard InChI is InChI=1S/C20H21ClN2O5S/c1-12-17(10-13-9-15(24)5-8-18(13)28-2)20(26)23(11-19(25)22-12)29(27)16-6-3-14(21)4-7-16/h3-9,12,17,24H,10-11H2,1-2H3,(H,22,25)/t12?,17-,29?/m1/s1. The molecule has 9 heteroatoms. The quantitative estimate of drug-likeness (QED) is 0.749. The smallest absolute Gasteiger partial charge is 0.241 e. The Labute approximate surface area is 176 Å². The molecule has 7 nitrogen and oxygen atoms in total. The predicted molar refractivity (Wildman–Crippen MR) is 109 cm³/mol. The highest BCUT2D eigenvalue weighted by molar-refractivity contribution is 7.83. The highest BCUT2D eigenvalue weighted by Crippen LogP contribution is 2.29. The molecule has 154 valence electrons. The van der Waals surface area contributed by atoms with Crippen molar-refractivity contribution < 1.29 is 23.6 Å². The van der Waals surface area contributed by atoms with Gasteiger partial charge in [0, 0.05) is 11.1 Å². The van der Waals surface area contributed by atoms with Gasteiger partial charge in [0.25, 0.3) is 0 Å². The zero-order valence-electron chi connectivity index (χ0n) is 15.9. The van der Waals surface area contributed by atoms with E-state index in [2.05, 4.69) is 5.32 Å². The van der Waals surface area contributed by atoms with E-state index in [0.717, 1.165) is 4.31 Å². The van der Waals surface area contributed by atoms with Crippen molar-refractivity contribution in [2.24, 2.45) is 5.92 Å². The summed E-state index contributed by atoms with van der Waals surface area (Å²) in [7, 11) is -0.364. The van der Waals surface area contributed by atoms with Crippen molar-refractivity contribution in [2.75, 3.05) is 13.7 Å². The number of nitrogens with one attached hydrogen (secondary N) is 1. The third-order valence-electron chi connectivity index (χ3n) is 4.76. The Morgan fingerprint density at radius 3 is 2.59 bits per heavy atom. The van der Waals surface area contributed by atoms with Crippen LogP contribution in [0.25, 0.3) is 0 Å². The van der Waals surface area contributed by atoms with Gasteiger partial charge in [-0.1, -0.05) is 11.6 Å². The van der Waals surface area contributed by atoms with Crippen LogP contribution in [0.3, 0.4) is 0 Å². The fourth-order valence-electron chi connectivity index (χ4n) is 3.25. The van der Waals surface area contributed by atoms with Gasteiger partial charge in [-0.25, -0.2) is 8.51 Å². The molecule has 3 rings (SSSR count). The first-order chi connectivity index (χ1) is 13.8. The molecule has 0 bridgehead atoms. The van der Waals surface area contributed by atoms with Gasteiger partial charge in [0.1, 0.15) is 18.0 Å². The second-order valence-electron chi connectivity index (χ2n) is 6.74. The first kappa shape index (κ1) is 21.1. The van der Waals surface area contributed by atoms with Gasteiger partial charge < -0.3 is 15.2 Å². The molecule has 0 aliphatic carbocycles. The lowest BCUT2D eigenvalue weighted by molar-refractivity contribution is -0.131. The van der Waals surface area contributed by atoms with E-state index in [0.29, 0.717) is 21.2 Å². The lowest BCUT2D eigenvalue weighted by Gasteiger charge is -2.25. The normalized spacial score (nSPS) is 20.7. The van der Waals surface area contributed by atoms with Crippen LogP contribution in [-0.2, 0) is 27.0 Å². The number of ether oxygens (including phenoxy) is 1. The minimum atomic E-state index is -1.86. The number of hydrogen-bond donors (Lipinski definition) is 2. The third-order valence-corrected chi connectivity index (χ3v) is 6.40. The molecule has 2 unspecified atom stereocenters. The van der Waals surface area contributed by atoms with Crippen molar-refractivity contribution in [2.45, 2.75) is 24.3 Å². The zero-order chi connectivity index (χ0) is 21.1. The Morgan fingerprint density at radius 2 is 1.93 bits per heavy atom. The van der Waals surface area contributed by atoms with Gasteiger partial charge >= 0.3 is 0 Å². The number of aromatic hydroxyl groups is 1. The second-order valence-corrected chi connectivity index (χ2v) is 8.59. The molecule has 2 aromatic rings. The Morgan fingerprint density at radius 1 is 1.24 bits per heavy atom. The molecule has 3 atom stereocenters. The number of nitrogens with zero attached hydrogens (tertiary/aromatic N) is 1. The molecule has 1 saturated heterocycles.